The smallest absolute Gasteiger partial charge is 0.325 e. The van der Waals surface area contributed by atoms with E-state index in [-0.39, 0.29) is 0 Å². The molecule has 1 aromatic rings. The van der Waals surface area contributed by atoms with Crippen LogP contribution in [0, 0.1) is 13.8 Å². The molecule has 7 nitrogen and oxygen atoms in total. The Morgan fingerprint density at radius 3 is 2.47 bits per heavy atom. The van der Waals surface area contributed by atoms with Crippen molar-refractivity contribution in [3.05, 3.63) is 11.4 Å². The van der Waals surface area contributed by atoms with Gasteiger partial charge in [-0.2, -0.15) is 5.10 Å². The van der Waals surface area contributed by atoms with E-state index in [1.165, 1.54) is 6.92 Å². The largest absolute Gasteiger partial charge is 0.468 e. The van der Waals surface area contributed by atoms with Crippen molar-refractivity contribution in [2.24, 2.45) is 0 Å². The van der Waals surface area contributed by atoms with Gasteiger partial charge in [0.2, 0.25) is 10.0 Å². The van der Waals surface area contributed by atoms with Crippen molar-refractivity contribution >= 4 is 21.7 Å². The molecule has 0 aromatic carbocycles. The predicted octanol–water partition coefficient (Wildman–Crippen LogP) is 0.330. The quantitative estimate of drug-likeness (QED) is 0.760. The molecule has 0 radical (unpaired) electrons. The number of nitrogens with zero attached hydrogens (tertiary/aromatic N) is 1. The third kappa shape index (κ3) is 2.76. The van der Waals surface area contributed by atoms with Crippen LogP contribution in [0.1, 0.15) is 18.3 Å². The summed E-state index contributed by atoms with van der Waals surface area (Å²) in [5.41, 5.74) is 1.46. The lowest BCUT2D eigenvalue weighted by molar-refractivity contribution is -0.139. The number of sulfonamides is 1. The third-order valence-electron chi connectivity index (χ3n) is 2.37. The maximum absolute atomic E-state index is 11.8. The number of hydrogen-bond acceptors (Lipinski definition) is 5. The van der Waals surface area contributed by atoms with Gasteiger partial charge >= 0.3 is 5.97 Å². The lowest BCUT2D eigenvalue weighted by Crippen LogP contribution is -2.33. The van der Waals surface area contributed by atoms with E-state index < -0.39 is 21.2 Å². The van der Waals surface area contributed by atoms with E-state index in [1.54, 1.807) is 13.8 Å². The van der Waals surface area contributed by atoms with E-state index >= 15 is 0 Å². The summed E-state index contributed by atoms with van der Waals surface area (Å²) in [6.45, 7) is 4.60. The van der Waals surface area contributed by atoms with Gasteiger partial charge in [0, 0.05) is 0 Å². The number of ether oxygens (including phenoxy) is 1. The number of nitrogens with one attached hydrogen (secondary N) is 2. The van der Waals surface area contributed by atoms with Gasteiger partial charge in [-0.25, -0.2) is 8.42 Å². The molecule has 0 bridgehead atoms. The molecule has 1 atom stereocenters. The van der Waals surface area contributed by atoms with Crippen LogP contribution in [0.5, 0.6) is 0 Å². The van der Waals surface area contributed by atoms with Gasteiger partial charge in [0.05, 0.1) is 24.2 Å². The van der Waals surface area contributed by atoms with Gasteiger partial charge in [-0.3, -0.25) is 14.6 Å². The molecule has 1 heterocycles. The monoisotopic (exact) mass is 261 g/mol. The Bertz CT molecular complexity index is 501. The molecule has 17 heavy (non-hydrogen) atoms. The highest BCUT2D eigenvalue weighted by molar-refractivity contribution is 7.94. The standard InChI is InChI=1S/C9H15N3O4S/c1-5-8(6(2)11-10-5)12-17(14,15)7(3)9(13)16-4/h7,12H,1-4H3,(H,10,11). The fourth-order valence-electron chi connectivity index (χ4n) is 1.22. The minimum Gasteiger partial charge on any atom is -0.468 e. The van der Waals surface area contributed by atoms with Crippen LogP contribution in [-0.2, 0) is 19.6 Å². The van der Waals surface area contributed by atoms with Crippen LogP contribution >= 0.6 is 0 Å². The molecule has 0 saturated carbocycles. The number of aromatic nitrogens is 2. The number of rotatable bonds is 4. The van der Waals surface area contributed by atoms with Crippen molar-refractivity contribution in [2.75, 3.05) is 11.8 Å². The summed E-state index contributed by atoms with van der Waals surface area (Å²) in [4.78, 5) is 11.2. The Morgan fingerprint density at radius 2 is 2.06 bits per heavy atom. The molecule has 0 saturated heterocycles. The SMILES string of the molecule is COC(=O)C(C)S(=O)(=O)Nc1c(C)n[nH]c1C. The highest BCUT2D eigenvalue weighted by atomic mass is 32.2. The number of methoxy groups -OCH3 is 1. The zero-order valence-electron chi connectivity index (χ0n) is 10.1. The highest BCUT2D eigenvalue weighted by Crippen LogP contribution is 2.19. The lowest BCUT2D eigenvalue weighted by atomic mass is 10.3. The Balaban J connectivity index is 2.99. The molecule has 8 heteroatoms. The van der Waals surface area contributed by atoms with E-state index in [4.69, 9.17) is 0 Å². The number of carbonyl (C=O) groups excluding carboxylic acids is 1. The number of aryl methyl sites for hydroxylation is 2. The van der Waals surface area contributed by atoms with E-state index in [9.17, 15) is 13.2 Å². The first-order valence-electron chi connectivity index (χ1n) is 4.90. The highest BCUT2D eigenvalue weighted by Gasteiger charge is 2.30. The number of anilines is 1. The number of esters is 1. The lowest BCUT2D eigenvalue weighted by Gasteiger charge is -2.12. The average molecular weight is 261 g/mol. The molecule has 1 unspecified atom stereocenters. The zero-order chi connectivity index (χ0) is 13.2. The fraction of sp³-hybridized carbons (Fsp3) is 0.556. The van der Waals surface area contributed by atoms with Gasteiger partial charge in [-0.15, -0.1) is 0 Å². The molecular weight excluding hydrogens is 246 g/mol. The molecule has 0 aliphatic heterocycles. The molecule has 0 aliphatic carbocycles. The first-order valence-corrected chi connectivity index (χ1v) is 6.45. The van der Waals surface area contributed by atoms with Crippen LogP contribution in [0.4, 0.5) is 5.69 Å². The summed E-state index contributed by atoms with van der Waals surface area (Å²) >= 11 is 0. The first-order chi connectivity index (χ1) is 7.79. The molecule has 0 amide bonds. The number of hydrogen-bond donors (Lipinski definition) is 2. The second kappa shape index (κ2) is 4.74. The number of H-pyrrole nitrogens is 1. The molecule has 1 rings (SSSR count). The minimum atomic E-state index is -3.82. The van der Waals surface area contributed by atoms with E-state index in [1.807, 2.05) is 0 Å². The third-order valence-corrected chi connectivity index (χ3v) is 3.98. The summed E-state index contributed by atoms with van der Waals surface area (Å²) in [5.74, 6) is -0.809. The van der Waals surface area contributed by atoms with Crippen LogP contribution in [-0.4, -0.2) is 36.9 Å². The van der Waals surface area contributed by atoms with Gasteiger partial charge in [0.25, 0.3) is 0 Å². The maximum atomic E-state index is 11.8. The van der Waals surface area contributed by atoms with Crippen molar-refractivity contribution in [3.8, 4) is 0 Å². The topological polar surface area (TPSA) is 101 Å². The molecular formula is C9H15N3O4S. The Labute approximate surface area is 99.6 Å². The van der Waals surface area contributed by atoms with Gasteiger partial charge < -0.3 is 4.74 Å². The van der Waals surface area contributed by atoms with Crippen molar-refractivity contribution < 1.29 is 17.9 Å². The van der Waals surface area contributed by atoms with Crippen LogP contribution in [0.25, 0.3) is 0 Å². The molecule has 96 valence electrons. The van der Waals surface area contributed by atoms with Gasteiger partial charge in [-0.05, 0) is 20.8 Å². The summed E-state index contributed by atoms with van der Waals surface area (Å²) in [6.07, 6.45) is 0. The molecule has 0 aliphatic rings. The average Bonchev–Trinajstić information content (AvgIpc) is 2.58. The second-order valence-electron chi connectivity index (χ2n) is 3.62. The van der Waals surface area contributed by atoms with Crippen molar-refractivity contribution in [1.29, 1.82) is 0 Å². The molecule has 0 fully saturated rings. The van der Waals surface area contributed by atoms with E-state index in [2.05, 4.69) is 19.7 Å². The van der Waals surface area contributed by atoms with Crippen molar-refractivity contribution in [1.82, 2.24) is 10.2 Å². The summed E-state index contributed by atoms with van der Waals surface area (Å²) in [6, 6.07) is 0. The normalized spacial score (nSPS) is 13.2. The van der Waals surface area contributed by atoms with E-state index in [0.29, 0.717) is 17.1 Å². The summed E-state index contributed by atoms with van der Waals surface area (Å²) in [7, 11) is -2.68. The summed E-state index contributed by atoms with van der Waals surface area (Å²) in [5, 5.41) is 5.23. The van der Waals surface area contributed by atoms with Gasteiger partial charge in [0.1, 0.15) is 0 Å². The summed E-state index contributed by atoms with van der Waals surface area (Å²) < 4.78 is 30.4. The number of aromatic amines is 1. The Morgan fingerprint density at radius 1 is 1.47 bits per heavy atom. The first kappa shape index (κ1) is 13.5. The van der Waals surface area contributed by atoms with Crippen molar-refractivity contribution in [2.45, 2.75) is 26.0 Å². The minimum absolute atomic E-state index is 0.362. The molecule has 0 spiro atoms. The Hall–Kier alpha value is -1.57. The number of carbonyl (C=O) groups is 1. The van der Waals surface area contributed by atoms with Crippen LogP contribution in [0.15, 0.2) is 0 Å². The van der Waals surface area contributed by atoms with Crippen LogP contribution < -0.4 is 4.72 Å². The molecule has 2 N–H and O–H groups in total. The molecule has 1 aromatic heterocycles. The fourth-order valence-corrected chi connectivity index (χ4v) is 2.34. The van der Waals surface area contributed by atoms with E-state index in [0.717, 1.165) is 7.11 Å². The predicted molar refractivity (Wildman–Crippen MR) is 62.1 cm³/mol. The zero-order valence-corrected chi connectivity index (χ0v) is 10.9. The van der Waals surface area contributed by atoms with Gasteiger partial charge in [-0.1, -0.05) is 0 Å². The maximum Gasteiger partial charge on any atom is 0.325 e. The second-order valence-corrected chi connectivity index (χ2v) is 5.62. The van der Waals surface area contributed by atoms with Gasteiger partial charge in [0.15, 0.2) is 5.25 Å². The Kier molecular flexibility index (Phi) is 3.76. The van der Waals surface area contributed by atoms with Crippen LogP contribution in [0.3, 0.4) is 0 Å². The van der Waals surface area contributed by atoms with Crippen LogP contribution in [0.2, 0.25) is 0 Å². The van der Waals surface area contributed by atoms with Crippen molar-refractivity contribution in [3.63, 3.8) is 0 Å².